The maximum Gasteiger partial charge on any atom is 0.253 e. The topological polar surface area (TPSA) is 87.9 Å². The zero-order valence-electron chi connectivity index (χ0n) is 16.8. The number of anilines is 2. The molecule has 0 bridgehead atoms. The third kappa shape index (κ3) is 3.93. The van der Waals surface area contributed by atoms with Crippen LogP contribution in [0.5, 0.6) is 0 Å². The second-order valence-corrected chi connectivity index (χ2v) is 7.59. The van der Waals surface area contributed by atoms with Crippen LogP contribution >= 0.6 is 0 Å². The number of fused-ring (bicyclic) bond motifs is 1. The van der Waals surface area contributed by atoms with Gasteiger partial charge in [-0.2, -0.15) is 15.0 Å². The third-order valence-electron chi connectivity index (χ3n) is 5.51. The molecule has 0 aromatic carbocycles. The molecule has 2 saturated heterocycles. The molecule has 1 amide bonds. The van der Waals surface area contributed by atoms with Crippen molar-refractivity contribution >= 4 is 23.3 Å². The van der Waals surface area contributed by atoms with Gasteiger partial charge >= 0.3 is 0 Å². The number of carbonyl (C=O) groups excluding carboxylic acids is 1. The number of hydrogen-bond donors (Lipinski definition) is 1. The average molecular weight is 407 g/mol. The fourth-order valence-corrected chi connectivity index (χ4v) is 3.88. The highest BCUT2D eigenvalue weighted by Gasteiger charge is 2.21. The van der Waals surface area contributed by atoms with Gasteiger partial charge in [-0.05, 0) is 31.0 Å². The van der Waals surface area contributed by atoms with Gasteiger partial charge in [-0.1, -0.05) is 6.07 Å². The number of aromatic nitrogens is 4. The molecule has 0 saturated carbocycles. The van der Waals surface area contributed by atoms with Gasteiger partial charge in [0, 0.05) is 44.1 Å². The van der Waals surface area contributed by atoms with Crippen LogP contribution in [-0.4, -0.2) is 64.7 Å². The SMILES string of the molecule is O=C(NCc1nc(N2CCCC2)nc(N2CCOCC2)n1)c1cc2ccccn2c1. The lowest BCUT2D eigenvalue weighted by Crippen LogP contribution is -2.38. The Bertz CT molecular complexity index is 1010. The van der Waals surface area contributed by atoms with Crippen molar-refractivity contribution in [3.63, 3.8) is 0 Å². The van der Waals surface area contributed by atoms with E-state index in [2.05, 4.69) is 25.1 Å². The minimum absolute atomic E-state index is 0.144. The van der Waals surface area contributed by atoms with Crippen LogP contribution in [0.3, 0.4) is 0 Å². The van der Waals surface area contributed by atoms with E-state index in [0.29, 0.717) is 36.5 Å². The van der Waals surface area contributed by atoms with E-state index in [4.69, 9.17) is 9.72 Å². The molecule has 0 unspecified atom stereocenters. The highest BCUT2D eigenvalue weighted by molar-refractivity contribution is 5.95. The van der Waals surface area contributed by atoms with Crippen LogP contribution in [0, 0.1) is 0 Å². The molecule has 5 rings (SSSR count). The predicted octanol–water partition coefficient (Wildman–Crippen LogP) is 1.49. The summed E-state index contributed by atoms with van der Waals surface area (Å²) in [6, 6.07) is 7.73. The van der Waals surface area contributed by atoms with Gasteiger partial charge in [-0.15, -0.1) is 0 Å². The lowest BCUT2D eigenvalue weighted by molar-refractivity contribution is 0.0950. The molecule has 156 valence electrons. The molecule has 9 nitrogen and oxygen atoms in total. The molecule has 1 N–H and O–H groups in total. The van der Waals surface area contributed by atoms with Crippen LogP contribution in [0.1, 0.15) is 29.0 Å². The first-order valence-electron chi connectivity index (χ1n) is 10.4. The summed E-state index contributed by atoms with van der Waals surface area (Å²) in [6.07, 6.45) is 6.04. The normalized spacial score (nSPS) is 16.9. The smallest absolute Gasteiger partial charge is 0.253 e. The van der Waals surface area contributed by atoms with Crippen LogP contribution in [-0.2, 0) is 11.3 Å². The van der Waals surface area contributed by atoms with E-state index in [1.165, 1.54) is 0 Å². The number of amides is 1. The van der Waals surface area contributed by atoms with Crippen molar-refractivity contribution in [3.05, 3.63) is 48.0 Å². The highest BCUT2D eigenvalue weighted by atomic mass is 16.5. The number of carbonyl (C=O) groups is 1. The summed E-state index contributed by atoms with van der Waals surface area (Å²) in [5.74, 6) is 1.79. The number of ether oxygens (including phenoxy) is 1. The van der Waals surface area contributed by atoms with Gasteiger partial charge in [0.1, 0.15) is 0 Å². The van der Waals surface area contributed by atoms with Crippen molar-refractivity contribution in [2.75, 3.05) is 49.2 Å². The number of rotatable bonds is 5. The second kappa shape index (κ2) is 8.27. The number of pyridine rings is 1. The number of nitrogens with one attached hydrogen (secondary N) is 1. The van der Waals surface area contributed by atoms with Crippen molar-refractivity contribution in [2.24, 2.45) is 0 Å². The Hall–Kier alpha value is -3.20. The van der Waals surface area contributed by atoms with Gasteiger partial charge in [0.2, 0.25) is 11.9 Å². The van der Waals surface area contributed by atoms with E-state index in [1.54, 1.807) is 0 Å². The van der Waals surface area contributed by atoms with E-state index in [0.717, 1.165) is 44.5 Å². The lowest BCUT2D eigenvalue weighted by Gasteiger charge is -2.28. The van der Waals surface area contributed by atoms with Gasteiger partial charge in [-0.3, -0.25) is 4.79 Å². The molecule has 0 spiro atoms. The molecule has 2 aliphatic heterocycles. The zero-order chi connectivity index (χ0) is 20.3. The van der Waals surface area contributed by atoms with E-state index in [1.807, 2.05) is 41.1 Å². The number of nitrogens with zero attached hydrogens (tertiary/aromatic N) is 6. The van der Waals surface area contributed by atoms with E-state index < -0.39 is 0 Å². The molecule has 2 aliphatic rings. The summed E-state index contributed by atoms with van der Waals surface area (Å²) in [5, 5.41) is 2.96. The molecule has 2 fully saturated rings. The second-order valence-electron chi connectivity index (χ2n) is 7.59. The summed E-state index contributed by atoms with van der Waals surface area (Å²) in [7, 11) is 0. The Morgan fingerprint density at radius 3 is 2.47 bits per heavy atom. The molecule has 0 aliphatic carbocycles. The van der Waals surface area contributed by atoms with E-state index in [9.17, 15) is 4.79 Å². The Balaban J connectivity index is 1.35. The molecule has 3 aromatic rings. The molecule has 9 heteroatoms. The maximum atomic E-state index is 12.7. The molecule has 5 heterocycles. The third-order valence-corrected chi connectivity index (χ3v) is 5.51. The lowest BCUT2D eigenvalue weighted by atomic mass is 10.3. The summed E-state index contributed by atoms with van der Waals surface area (Å²) in [6.45, 7) is 5.01. The average Bonchev–Trinajstić information content (AvgIpc) is 3.48. The molecular weight excluding hydrogens is 382 g/mol. The van der Waals surface area contributed by atoms with Crippen LogP contribution in [0.4, 0.5) is 11.9 Å². The van der Waals surface area contributed by atoms with Crippen molar-refractivity contribution in [3.8, 4) is 0 Å². The molecule has 3 aromatic heterocycles. The Kier molecular flexibility index (Phi) is 5.18. The van der Waals surface area contributed by atoms with Gasteiger partial charge in [0.05, 0.1) is 25.3 Å². The Morgan fingerprint density at radius 2 is 1.73 bits per heavy atom. The van der Waals surface area contributed by atoms with Gasteiger partial charge in [0.25, 0.3) is 5.91 Å². The predicted molar refractivity (Wildman–Crippen MR) is 113 cm³/mol. The van der Waals surface area contributed by atoms with Crippen molar-refractivity contribution in [2.45, 2.75) is 19.4 Å². The summed E-state index contributed by atoms with van der Waals surface area (Å²) in [5.41, 5.74) is 1.59. The molecule has 30 heavy (non-hydrogen) atoms. The first-order valence-corrected chi connectivity index (χ1v) is 10.4. The summed E-state index contributed by atoms with van der Waals surface area (Å²) < 4.78 is 7.38. The van der Waals surface area contributed by atoms with Gasteiger partial charge in [0.15, 0.2) is 5.82 Å². The van der Waals surface area contributed by atoms with E-state index in [-0.39, 0.29) is 12.5 Å². The van der Waals surface area contributed by atoms with Crippen LogP contribution < -0.4 is 15.1 Å². The van der Waals surface area contributed by atoms with Crippen LogP contribution in [0.25, 0.3) is 5.52 Å². The number of morpholine rings is 1. The fourth-order valence-electron chi connectivity index (χ4n) is 3.88. The summed E-state index contributed by atoms with van der Waals surface area (Å²) >= 11 is 0. The quantitative estimate of drug-likeness (QED) is 0.686. The zero-order valence-corrected chi connectivity index (χ0v) is 16.8. The standard InChI is InChI=1S/C21H25N7O2/c29-19(16-13-17-5-1-2-8-28(17)15-16)22-14-18-23-20(26-6-3-4-7-26)25-21(24-18)27-9-11-30-12-10-27/h1-2,5,8,13,15H,3-4,6-7,9-12,14H2,(H,22,29). The fraction of sp³-hybridized carbons (Fsp3) is 0.429. The molecule has 0 radical (unpaired) electrons. The largest absolute Gasteiger partial charge is 0.378 e. The molecular formula is C21H25N7O2. The Morgan fingerprint density at radius 1 is 1.00 bits per heavy atom. The van der Waals surface area contributed by atoms with Crippen molar-refractivity contribution in [1.82, 2.24) is 24.7 Å². The van der Waals surface area contributed by atoms with Crippen molar-refractivity contribution < 1.29 is 9.53 Å². The monoisotopic (exact) mass is 407 g/mol. The minimum Gasteiger partial charge on any atom is -0.378 e. The van der Waals surface area contributed by atoms with E-state index >= 15 is 0 Å². The maximum absolute atomic E-state index is 12.7. The number of hydrogen-bond acceptors (Lipinski definition) is 7. The van der Waals surface area contributed by atoms with Gasteiger partial charge in [-0.25, -0.2) is 0 Å². The van der Waals surface area contributed by atoms with Crippen molar-refractivity contribution in [1.29, 1.82) is 0 Å². The first-order chi connectivity index (χ1) is 14.8. The minimum atomic E-state index is -0.144. The van der Waals surface area contributed by atoms with Crippen LogP contribution in [0.2, 0.25) is 0 Å². The highest BCUT2D eigenvalue weighted by Crippen LogP contribution is 2.19. The molecule has 0 atom stereocenters. The first kappa shape index (κ1) is 18.8. The summed E-state index contributed by atoms with van der Waals surface area (Å²) in [4.78, 5) is 31.0. The van der Waals surface area contributed by atoms with Gasteiger partial charge < -0.3 is 24.3 Å². The van der Waals surface area contributed by atoms with Crippen LogP contribution in [0.15, 0.2) is 36.7 Å². The Labute approximate surface area is 174 Å².